The molecule has 0 aromatic rings. The molecule has 0 aromatic heterocycles. The fraction of sp³-hybridized carbons (Fsp3) is 0.700. The van der Waals surface area contributed by atoms with Crippen LogP contribution in [-0.4, -0.2) is 24.0 Å². The molecule has 1 atom stereocenters. The lowest BCUT2D eigenvalue weighted by atomic mass is 10.1. The van der Waals surface area contributed by atoms with Gasteiger partial charge in [-0.05, 0) is 12.7 Å². The monoisotopic (exact) mass is 199 g/mol. The van der Waals surface area contributed by atoms with Crippen LogP contribution in [0, 0.1) is 12.3 Å². The molecule has 74 valence electrons. The van der Waals surface area contributed by atoms with Crippen LogP contribution in [0.4, 0.5) is 0 Å². The van der Waals surface area contributed by atoms with E-state index in [4.69, 9.17) is 6.42 Å². The Morgan fingerprint density at radius 1 is 1.69 bits per heavy atom. The molecule has 0 saturated heterocycles. The quantitative estimate of drug-likeness (QED) is 0.659. The first-order valence-corrected chi connectivity index (χ1v) is 5.85. The molecule has 0 heterocycles. The molecule has 0 saturated carbocycles. The summed E-state index contributed by atoms with van der Waals surface area (Å²) in [5.41, 5.74) is 0. The van der Waals surface area contributed by atoms with Gasteiger partial charge in [0.15, 0.2) is 0 Å². The number of carbonyl (C=O) groups excluding carboxylic acids is 1. The highest BCUT2D eigenvalue weighted by molar-refractivity contribution is 7.98. The predicted octanol–water partition coefficient (Wildman–Crippen LogP) is 1.66. The van der Waals surface area contributed by atoms with E-state index in [-0.39, 0.29) is 11.9 Å². The molecular weight excluding hydrogens is 182 g/mol. The number of nitrogens with one attached hydrogen (secondary N) is 1. The van der Waals surface area contributed by atoms with E-state index in [1.807, 2.05) is 13.2 Å². The molecule has 0 aliphatic heterocycles. The zero-order valence-corrected chi connectivity index (χ0v) is 9.12. The third-order valence-electron chi connectivity index (χ3n) is 1.76. The molecule has 0 spiro atoms. The number of terminal acetylenes is 1. The van der Waals surface area contributed by atoms with Gasteiger partial charge in [-0.15, -0.1) is 12.3 Å². The molecule has 0 rings (SSSR count). The van der Waals surface area contributed by atoms with Crippen molar-refractivity contribution in [2.45, 2.75) is 32.2 Å². The molecule has 0 radical (unpaired) electrons. The maximum atomic E-state index is 11.3. The first kappa shape index (κ1) is 12.4. The van der Waals surface area contributed by atoms with Gasteiger partial charge >= 0.3 is 0 Å². The first-order valence-electron chi connectivity index (χ1n) is 4.46. The molecular formula is C10H17NOS. The van der Waals surface area contributed by atoms with E-state index in [1.54, 1.807) is 11.8 Å². The second-order valence-corrected chi connectivity index (χ2v) is 3.81. The number of hydrogen-bond acceptors (Lipinski definition) is 2. The van der Waals surface area contributed by atoms with Crippen LogP contribution in [0.2, 0.25) is 0 Å². The fourth-order valence-corrected chi connectivity index (χ4v) is 1.32. The number of hydrogen-bond donors (Lipinski definition) is 1. The maximum absolute atomic E-state index is 11.3. The number of carbonyl (C=O) groups is 1. The van der Waals surface area contributed by atoms with Crippen molar-refractivity contribution >= 4 is 17.7 Å². The van der Waals surface area contributed by atoms with Crippen LogP contribution in [-0.2, 0) is 4.79 Å². The van der Waals surface area contributed by atoms with E-state index < -0.39 is 0 Å². The summed E-state index contributed by atoms with van der Waals surface area (Å²) in [4.78, 5) is 11.3. The second kappa shape index (κ2) is 8.00. The van der Waals surface area contributed by atoms with Gasteiger partial charge in [0.05, 0.1) is 0 Å². The van der Waals surface area contributed by atoms with Crippen LogP contribution in [0.15, 0.2) is 0 Å². The summed E-state index contributed by atoms with van der Waals surface area (Å²) >= 11 is 1.68. The van der Waals surface area contributed by atoms with Gasteiger partial charge in [-0.25, -0.2) is 0 Å². The average molecular weight is 199 g/mol. The normalized spacial score (nSPS) is 11.8. The van der Waals surface area contributed by atoms with E-state index in [2.05, 4.69) is 11.2 Å². The largest absolute Gasteiger partial charge is 0.352 e. The molecule has 1 amide bonds. The van der Waals surface area contributed by atoms with E-state index in [9.17, 15) is 4.79 Å². The van der Waals surface area contributed by atoms with E-state index in [0.29, 0.717) is 12.8 Å². The van der Waals surface area contributed by atoms with Crippen molar-refractivity contribution in [2.75, 3.05) is 12.0 Å². The smallest absolute Gasteiger partial charge is 0.221 e. The Bertz CT molecular complexity index is 186. The highest BCUT2D eigenvalue weighted by atomic mass is 32.2. The van der Waals surface area contributed by atoms with Crippen LogP contribution < -0.4 is 5.32 Å². The van der Waals surface area contributed by atoms with Gasteiger partial charge in [0.2, 0.25) is 5.91 Å². The number of rotatable bonds is 6. The van der Waals surface area contributed by atoms with Crippen LogP contribution in [0.5, 0.6) is 0 Å². The Morgan fingerprint density at radius 3 is 2.85 bits per heavy atom. The maximum Gasteiger partial charge on any atom is 0.221 e. The summed E-state index contributed by atoms with van der Waals surface area (Å²) in [7, 11) is 0. The van der Waals surface area contributed by atoms with Crippen LogP contribution in [0.1, 0.15) is 26.2 Å². The summed E-state index contributed by atoms with van der Waals surface area (Å²) in [5.74, 6) is 3.54. The molecule has 2 nitrogen and oxygen atoms in total. The Morgan fingerprint density at radius 2 is 2.38 bits per heavy atom. The van der Waals surface area contributed by atoms with Crippen molar-refractivity contribution in [3.8, 4) is 12.3 Å². The molecule has 0 aliphatic carbocycles. The molecule has 0 bridgehead atoms. The van der Waals surface area contributed by atoms with E-state index >= 15 is 0 Å². The van der Waals surface area contributed by atoms with Crippen molar-refractivity contribution in [2.24, 2.45) is 0 Å². The molecule has 0 aromatic carbocycles. The van der Waals surface area contributed by atoms with E-state index in [0.717, 1.165) is 12.2 Å². The molecule has 0 fully saturated rings. The molecule has 1 N–H and O–H groups in total. The van der Waals surface area contributed by atoms with Gasteiger partial charge < -0.3 is 5.32 Å². The summed E-state index contributed by atoms with van der Waals surface area (Å²) in [5, 5.41) is 2.91. The molecule has 1 unspecified atom stereocenters. The standard InChI is InChI=1S/C10H17NOS/c1-4-6-9(5-2)11-10(12)7-8-13-3/h1,9H,5-8H2,2-3H3,(H,11,12). The number of thioether (sulfide) groups is 1. The zero-order valence-electron chi connectivity index (χ0n) is 8.30. The van der Waals surface area contributed by atoms with Gasteiger partial charge in [0.1, 0.15) is 0 Å². The van der Waals surface area contributed by atoms with Gasteiger partial charge in [-0.3, -0.25) is 4.79 Å². The summed E-state index contributed by atoms with van der Waals surface area (Å²) < 4.78 is 0. The fourth-order valence-electron chi connectivity index (χ4n) is 0.934. The number of amides is 1. The summed E-state index contributed by atoms with van der Waals surface area (Å²) in [6.07, 6.45) is 9.28. The SMILES string of the molecule is C#CCC(CC)NC(=O)CCSC. The van der Waals surface area contributed by atoms with Crippen molar-refractivity contribution in [3.63, 3.8) is 0 Å². The highest BCUT2D eigenvalue weighted by Gasteiger charge is 2.07. The summed E-state index contributed by atoms with van der Waals surface area (Å²) in [6, 6.07) is 0.152. The lowest BCUT2D eigenvalue weighted by Gasteiger charge is -2.13. The van der Waals surface area contributed by atoms with Crippen molar-refractivity contribution in [3.05, 3.63) is 0 Å². The Labute approximate surface area is 84.9 Å². The van der Waals surface area contributed by atoms with Crippen molar-refractivity contribution in [1.29, 1.82) is 0 Å². The van der Waals surface area contributed by atoms with Crippen molar-refractivity contribution < 1.29 is 4.79 Å². The zero-order chi connectivity index (χ0) is 10.1. The Hall–Kier alpha value is -0.620. The van der Waals surface area contributed by atoms with Gasteiger partial charge in [-0.2, -0.15) is 11.8 Å². The Kier molecular flexibility index (Phi) is 7.62. The third-order valence-corrected chi connectivity index (χ3v) is 2.37. The lowest BCUT2D eigenvalue weighted by molar-refractivity contribution is -0.121. The molecule has 3 heteroatoms. The molecule has 0 aliphatic rings. The molecule has 13 heavy (non-hydrogen) atoms. The lowest BCUT2D eigenvalue weighted by Crippen LogP contribution is -2.34. The third kappa shape index (κ3) is 6.53. The van der Waals surface area contributed by atoms with Crippen LogP contribution >= 0.6 is 11.8 Å². The highest BCUT2D eigenvalue weighted by Crippen LogP contribution is 1.99. The van der Waals surface area contributed by atoms with Crippen molar-refractivity contribution in [1.82, 2.24) is 5.32 Å². The van der Waals surface area contributed by atoms with Gasteiger partial charge in [-0.1, -0.05) is 6.92 Å². The van der Waals surface area contributed by atoms with Crippen LogP contribution in [0.3, 0.4) is 0 Å². The Balaban J connectivity index is 3.67. The minimum Gasteiger partial charge on any atom is -0.352 e. The van der Waals surface area contributed by atoms with Crippen LogP contribution in [0.25, 0.3) is 0 Å². The first-order chi connectivity index (χ1) is 6.24. The second-order valence-electron chi connectivity index (χ2n) is 2.82. The van der Waals surface area contributed by atoms with Gasteiger partial charge in [0, 0.05) is 24.6 Å². The van der Waals surface area contributed by atoms with E-state index in [1.165, 1.54) is 0 Å². The topological polar surface area (TPSA) is 29.1 Å². The van der Waals surface area contributed by atoms with Gasteiger partial charge in [0.25, 0.3) is 0 Å². The minimum atomic E-state index is 0.108. The predicted molar refractivity (Wildman–Crippen MR) is 58.7 cm³/mol. The minimum absolute atomic E-state index is 0.108. The summed E-state index contributed by atoms with van der Waals surface area (Å²) in [6.45, 7) is 2.02. The average Bonchev–Trinajstić information content (AvgIpc) is 2.14.